The monoisotopic (exact) mass is 243 g/mol. The molecule has 1 aliphatic heterocycles. The standard InChI is InChI=1S/C8H12F3NO4/c1-3-6(14)4(2-5(13)16-3)12-7(15)8(9,10)11/h3-6,13-14H,2H2,1H3,(H,12,15)/t3-,4+,5+,6-/m0/s1. The summed E-state index contributed by atoms with van der Waals surface area (Å²) in [7, 11) is 0. The van der Waals surface area contributed by atoms with Crippen LogP contribution >= 0.6 is 0 Å². The fraction of sp³-hybridized carbons (Fsp3) is 0.875. The van der Waals surface area contributed by atoms with Crippen molar-refractivity contribution in [3.05, 3.63) is 0 Å². The van der Waals surface area contributed by atoms with Crippen LogP contribution in [0.4, 0.5) is 13.2 Å². The molecule has 1 rings (SSSR count). The van der Waals surface area contributed by atoms with Gasteiger partial charge in [-0.1, -0.05) is 0 Å². The maximum Gasteiger partial charge on any atom is 0.471 e. The molecule has 0 spiro atoms. The van der Waals surface area contributed by atoms with Gasteiger partial charge in [-0.3, -0.25) is 4.79 Å². The summed E-state index contributed by atoms with van der Waals surface area (Å²) in [6.07, 6.45) is -8.71. The van der Waals surface area contributed by atoms with Gasteiger partial charge in [-0.05, 0) is 6.92 Å². The van der Waals surface area contributed by atoms with Gasteiger partial charge >= 0.3 is 12.1 Å². The minimum absolute atomic E-state index is 0.284. The molecule has 0 aromatic rings. The lowest BCUT2D eigenvalue weighted by molar-refractivity contribution is -0.207. The number of alkyl halides is 3. The van der Waals surface area contributed by atoms with E-state index in [0.717, 1.165) is 0 Å². The van der Waals surface area contributed by atoms with E-state index < -0.39 is 36.6 Å². The molecule has 8 heteroatoms. The highest BCUT2D eigenvalue weighted by atomic mass is 19.4. The second-order valence-electron chi connectivity index (χ2n) is 3.60. The molecule has 16 heavy (non-hydrogen) atoms. The second kappa shape index (κ2) is 4.56. The van der Waals surface area contributed by atoms with Crippen molar-refractivity contribution in [1.29, 1.82) is 0 Å². The number of halogens is 3. The normalized spacial score (nSPS) is 35.9. The van der Waals surface area contributed by atoms with E-state index in [0.29, 0.717) is 0 Å². The zero-order valence-corrected chi connectivity index (χ0v) is 8.36. The Balaban J connectivity index is 2.62. The lowest BCUT2D eigenvalue weighted by atomic mass is 9.99. The number of carbonyl (C=O) groups excluding carboxylic acids is 1. The van der Waals surface area contributed by atoms with Gasteiger partial charge in [0.25, 0.3) is 0 Å². The van der Waals surface area contributed by atoms with Gasteiger partial charge in [0.2, 0.25) is 0 Å². The zero-order chi connectivity index (χ0) is 12.5. The molecule has 3 N–H and O–H groups in total. The fourth-order valence-electron chi connectivity index (χ4n) is 1.46. The first-order chi connectivity index (χ1) is 7.21. The number of hydrogen-bond donors (Lipinski definition) is 3. The van der Waals surface area contributed by atoms with E-state index in [1.54, 1.807) is 5.32 Å². The van der Waals surface area contributed by atoms with Crippen LogP contribution < -0.4 is 5.32 Å². The third-order valence-corrected chi connectivity index (χ3v) is 2.29. The van der Waals surface area contributed by atoms with Crippen LogP contribution in [0, 0.1) is 0 Å². The Labute approximate surface area is 89.2 Å². The highest BCUT2D eigenvalue weighted by Gasteiger charge is 2.43. The Morgan fingerprint density at radius 1 is 1.44 bits per heavy atom. The number of ether oxygens (including phenoxy) is 1. The van der Waals surface area contributed by atoms with Crippen LogP contribution in [0.5, 0.6) is 0 Å². The van der Waals surface area contributed by atoms with Gasteiger partial charge in [-0.25, -0.2) is 0 Å². The molecule has 4 atom stereocenters. The van der Waals surface area contributed by atoms with E-state index in [9.17, 15) is 23.1 Å². The lowest BCUT2D eigenvalue weighted by Crippen LogP contribution is -2.56. The topological polar surface area (TPSA) is 78.8 Å². The summed E-state index contributed by atoms with van der Waals surface area (Å²) in [5, 5.41) is 20.2. The molecule has 1 saturated heterocycles. The number of carbonyl (C=O) groups is 1. The summed E-state index contributed by atoms with van der Waals surface area (Å²) in [4.78, 5) is 10.6. The number of rotatable bonds is 1. The Hall–Kier alpha value is -0.860. The summed E-state index contributed by atoms with van der Waals surface area (Å²) >= 11 is 0. The van der Waals surface area contributed by atoms with Gasteiger partial charge in [0.05, 0.1) is 12.1 Å². The minimum atomic E-state index is -5.01. The Kier molecular flexibility index (Phi) is 3.76. The highest BCUT2D eigenvalue weighted by Crippen LogP contribution is 2.21. The van der Waals surface area contributed by atoms with Gasteiger partial charge in [0, 0.05) is 6.42 Å². The molecule has 0 aromatic carbocycles. The van der Waals surface area contributed by atoms with Crippen LogP contribution in [0.25, 0.3) is 0 Å². The first-order valence-corrected chi connectivity index (χ1v) is 4.61. The fourth-order valence-corrected chi connectivity index (χ4v) is 1.46. The largest absolute Gasteiger partial charge is 0.471 e. The Morgan fingerprint density at radius 2 is 2.00 bits per heavy atom. The maximum absolute atomic E-state index is 11.9. The number of hydrogen-bond acceptors (Lipinski definition) is 4. The van der Waals surface area contributed by atoms with Crippen LogP contribution in [0.2, 0.25) is 0 Å². The molecule has 0 aliphatic carbocycles. The smallest absolute Gasteiger partial charge is 0.388 e. The molecule has 0 aromatic heterocycles. The van der Waals surface area contributed by atoms with E-state index >= 15 is 0 Å². The SMILES string of the molecule is C[C@@H]1O[C@@H](O)C[C@@H](NC(=O)C(F)(F)F)[C@H]1O. The number of aliphatic hydroxyl groups excluding tert-OH is 2. The Morgan fingerprint density at radius 3 is 2.50 bits per heavy atom. The molecule has 1 aliphatic rings. The highest BCUT2D eigenvalue weighted by molar-refractivity contribution is 5.82. The van der Waals surface area contributed by atoms with Crippen molar-refractivity contribution in [3.63, 3.8) is 0 Å². The first kappa shape index (κ1) is 13.2. The quantitative estimate of drug-likeness (QED) is 0.581. The molecular formula is C8H12F3NO4. The van der Waals surface area contributed by atoms with Crippen LogP contribution in [0.15, 0.2) is 0 Å². The van der Waals surface area contributed by atoms with E-state index in [-0.39, 0.29) is 6.42 Å². The van der Waals surface area contributed by atoms with Crippen LogP contribution in [-0.2, 0) is 9.53 Å². The third kappa shape index (κ3) is 3.06. The summed E-state index contributed by atoms with van der Waals surface area (Å²) in [6, 6.07) is -1.17. The molecule has 1 amide bonds. The van der Waals surface area contributed by atoms with Gasteiger partial charge in [0.1, 0.15) is 6.10 Å². The average Bonchev–Trinajstić information content (AvgIpc) is 2.11. The first-order valence-electron chi connectivity index (χ1n) is 4.61. The molecule has 1 fully saturated rings. The number of aliphatic hydroxyl groups is 2. The molecule has 0 unspecified atom stereocenters. The average molecular weight is 243 g/mol. The third-order valence-electron chi connectivity index (χ3n) is 2.29. The van der Waals surface area contributed by atoms with E-state index in [2.05, 4.69) is 0 Å². The second-order valence-corrected chi connectivity index (χ2v) is 3.60. The minimum Gasteiger partial charge on any atom is -0.388 e. The predicted molar refractivity (Wildman–Crippen MR) is 45.2 cm³/mol. The maximum atomic E-state index is 11.9. The van der Waals surface area contributed by atoms with Crippen molar-refractivity contribution in [3.8, 4) is 0 Å². The van der Waals surface area contributed by atoms with Crippen molar-refractivity contribution >= 4 is 5.91 Å². The molecule has 0 bridgehead atoms. The van der Waals surface area contributed by atoms with E-state index in [4.69, 9.17) is 9.84 Å². The zero-order valence-electron chi connectivity index (χ0n) is 8.36. The Bertz CT molecular complexity index is 270. The number of amides is 1. The van der Waals surface area contributed by atoms with Crippen molar-refractivity contribution in [2.24, 2.45) is 0 Å². The lowest BCUT2D eigenvalue weighted by Gasteiger charge is -2.36. The van der Waals surface area contributed by atoms with Crippen molar-refractivity contribution in [1.82, 2.24) is 5.32 Å². The molecule has 1 heterocycles. The van der Waals surface area contributed by atoms with Crippen molar-refractivity contribution in [2.45, 2.75) is 44.1 Å². The molecule has 0 saturated carbocycles. The van der Waals surface area contributed by atoms with Crippen LogP contribution in [0.1, 0.15) is 13.3 Å². The van der Waals surface area contributed by atoms with Gasteiger partial charge in [-0.2, -0.15) is 13.2 Å². The molecule has 0 radical (unpaired) electrons. The van der Waals surface area contributed by atoms with Gasteiger partial charge in [-0.15, -0.1) is 0 Å². The molecule has 94 valence electrons. The molecule has 5 nitrogen and oxygen atoms in total. The van der Waals surface area contributed by atoms with Crippen LogP contribution in [-0.4, -0.2) is 46.8 Å². The predicted octanol–water partition coefficient (Wildman–Crippen LogP) is -0.478. The number of nitrogens with one attached hydrogen (secondary N) is 1. The van der Waals surface area contributed by atoms with E-state index in [1.165, 1.54) is 6.92 Å². The van der Waals surface area contributed by atoms with Gasteiger partial charge < -0.3 is 20.3 Å². The summed E-state index contributed by atoms with van der Waals surface area (Å²) in [6.45, 7) is 1.39. The summed E-state index contributed by atoms with van der Waals surface area (Å²) in [5.41, 5.74) is 0. The molecular weight excluding hydrogens is 231 g/mol. The van der Waals surface area contributed by atoms with Crippen molar-refractivity contribution in [2.75, 3.05) is 0 Å². The summed E-state index contributed by atoms with van der Waals surface area (Å²) in [5.74, 6) is -2.14. The van der Waals surface area contributed by atoms with Crippen molar-refractivity contribution < 1.29 is 32.9 Å². The van der Waals surface area contributed by atoms with Crippen LogP contribution in [0.3, 0.4) is 0 Å². The summed E-state index contributed by atoms with van der Waals surface area (Å²) < 4.78 is 40.6. The van der Waals surface area contributed by atoms with E-state index in [1.807, 2.05) is 0 Å². The van der Waals surface area contributed by atoms with Gasteiger partial charge in [0.15, 0.2) is 6.29 Å².